The average molecular weight is 358 g/mol. The van der Waals surface area contributed by atoms with Crippen LogP contribution in [-0.4, -0.2) is 6.61 Å². The van der Waals surface area contributed by atoms with Gasteiger partial charge in [-0.05, 0) is 54.1 Å². The molecular formula is C14H15IO3. The third kappa shape index (κ3) is 2.53. The molecule has 18 heavy (non-hydrogen) atoms. The first-order chi connectivity index (χ1) is 8.67. The number of hydrogen-bond acceptors (Lipinski definition) is 3. The predicted molar refractivity (Wildman–Crippen MR) is 80.4 cm³/mol. The quantitative estimate of drug-likeness (QED) is 0.782. The molecule has 0 aliphatic heterocycles. The van der Waals surface area contributed by atoms with Gasteiger partial charge in [-0.3, -0.25) is 4.79 Å². The van der Waals surface area contributed by atoms with Crippen LogP contribution in [0, 0.1) is 3.57 Å². The standard InChI is InChI=1S/C14H15IO3/c1-3-5-10-13(16)11-8-9(15)6-7-12(11)18-14(10)17-4-2/h6-8H,3-5H2,1-2H3. The summed E-state index contributed by atoms with van der Waals surface area (Å²) in [5, 5.41) is 0.633. The molecule has 3 nitrogen and oxygen atoms in total. The first-order valence-electron chi connectivity index (χ1n) is 6.05. The van der Waals surface area contributed by atoms with Gasteiger partial charge in [-0.1, -0.05) is 13.3 Å². The molecule has 0 atom stereocenters. The molecule has 0 N–H and O–H groups in total. The Morgan fingerprint density at radius 2 is 2.11 bits per heavy atom. The van der Waals surface area contributed by atoms with Crippen LogP contribution in [0.5, 0.6) is 5.95 Å². The molecule has 0 amide bonds. The molecule has 0 spiro atoms. The van der Waals surface area contributed by atoms with Crippen LogP contribution in [0.25, 0.3) is 11.0 Å². The zero-order valence-electron chi connectivity index (χ0n) is 10.5. The first kappa shape index (κ1) is 13.4. The van der Waals surface area contributed by atoms with Crippen molar-refractivity contribution < 1.29 is 9.15 Å². The maximum absolute atomic E-state index is 12.4. The third-order valence-electron chi connectivity index (χ3n) is 2.68. The van der Waals surface area contributed by atoms with E-state index in [9.17, 15) is 4.79 Å². The maximum Gasteiger partial charge on any atom is 0.292 e. The van der Waals surface area contributed by atoms with Crippen LogP contribution in [0.2, 0.25) is 0 Å². The van der Waals surface area contributed by atoms with E-state index in [1.54, 1.807) is 0 Å². The molecule has 1 aromatic heterocycles. The van der Waals surface area contributed by atoms with Crippen LogP contribution >= 0.6 is 22.6 Å². The molecule has 0 bridgehead atoms. The Bertz CT molecular complexity index is 616. The summed E-state index contributed by atoms with van der Waals surface area (Å²) in [5.74, 6) is 0.373. The molecule has 0 saturated carbocycles. The fourth-order valence-electron chi connectivity index (χ4n) is 1.90. The fourth-order valence-corrected chi connectivity index (χ4v) is 2.39. The van der Waals surface area contributed by atoms with E-state index in [-0.39, 0.29) is 5.43 Å². The van der Waals surface area contributed by atoms with Crippen LogP contribution in [0.3, 0.4) is 0 Å². The van der Waals surface area contributed by atoms with Crippen molar-refractivity contribution in [3.05, 3.63) is 37.6 Å². The number of fused-ring (bicyclic) bond motifs is 1. The smallest absolute Gasteiger partial charge is 0.292 e. The summed E-state index contributed by atoms with van der Waals surface area (Å²) in [4.78, 5) is 12.4. The van der Waals surface area contributed by atoms with Gasteiger partial charge in [0.25, 0.3) is 5.95 Å². The summed E-state index contributed by atoms with van der Waals surface area (Å²) >= 11 is 2.19. The molecule has 1 heterocycles. The lowest BCUT2D eigenvalue weighted by Gasteiger charge is -2.09. The third-order valence-corrected chi connectivity index (χ3v) is 3.36. The minimum atomic E-state index is 0.0278. The molecule has 0 aliphatic carbocycles. The Hall–Kier alpha value is -1.04. The summed E-state index contributed by atoms with van der Waals surface area (Å²) in [5.41, 5.74) is 1.26. The highest BCUT2D eigenvalue weighted by Gasteiger charge is 2.14. The Kier molecular flexibility index (Phi) is 4.27. The Labute approximate surface area is 119 Å². The average Bonchev–Trinajstić information content (AvgIpc) is 2.35. The topological polar surface area (TPSA) is 39.4 Å². The Balaban J connectivity index is 2.72. The highest BCUT2D eigenvalue weighted by molar-refractivity contribution is 14.1. The zero-order valence-corrected chi connectivity index (χ0v) is 12.6. The summed E-state index contributed by atoms with van der Waals surface area (Å²) < 4.78 is 12.2. The lowest BCUT2D eigenvalue weighted by atomic mass is 10.1. The van der Waals surface area contributed by atoms with Crippen molar-refractivity contribution in [1.82, 2.24) is 0 Å². The number of hydrogen-bond donors (Lipinski definition) is 0. The monoisotopic (exact) mass is 358 g/mol. The van der Waals surface area contributed by atoms with E-state index in [0.717, 1.165) is 9.99 Å². The second-order valence-electron chi connectivity index (χ2n) is 4.02. The predicted octanol–water partition coefficient (Wildman–Crippen LogP) is 3.75. The van der Waals surface area contributed by atoms with Crippen molar-refractivity contribution in [2.75, 3.05) is 6.61 Å². The van der Waals surface area contributed by atoms with Crippen LogP contribution in [0.4, 0.5) is 0 Å². The van der Waals surface area contributed by atoms with Gasteiger partial charge in [0.1, 0.15) is 5.58 Å². The largest absolute Gasteiger partial charge is 0.465 e. The molecule has 1 aromatic carbocycles. The van der Waals surface area contributed by atoms with Gasteiger partial charge < -0.3 is 9.15 Å². The minimum Gasteiger partial charge on any atom is -0.465 e. The van der Waals surface area contributed by atoms with E-state index in [4.69, 9.17) is 9.15 Å². The molecular weight excluding hydrogens is 343 g/mol. The molecule has 2 aromatic rings. The van der Waals surface area contributed by atoms with Crippen molar-refractivity contribution in [3.63, 3.8) is 0 Å². The van der Waals surface area contributed by atoms with E-state index < -0.39 is 0 Å². The van der Waals surface area contributed by atoms with E-state index in [0.29, 0.717) is 35.5 Å². The van der Waals surface area contributed by atoms with Crippen molar-refractivity contribution in [3.8, 4) is 5.95 Å². The number of rotatable bonds is 4. The summed E-state index contributed by atoms with van der Waals surface area (Å²) in [6, 6.07) is 5.59. The molecule has 0 saturated heterocycles. The molecule has 96 valence electrons. The lowest BCUT2D eigenvalue weighted by molar-refractivity contribution is 0.256. The molecule has 0 aliphatic rings. The first-order valence-corrected chi connectivity index (χ1v) is 7.13. The Morgan fingerprint density at radius 1 is 1.33 bits per heavy atom. The second-order valence-corrected chi connectivity index (χ2v) is 5.27. The van der Waals surface area contributed by atoms with Gasteiger partial charge in [0, 0.05) is 3.57 Å². The van der Waals surface area contributed by atoms with Gasteiger partial charge in [0.2, 0.25) is 0 Å². The SMILES string of the molecule is CCCc1c(OCC)oc2ccc(I)cc2c1=O. The molecule has 0 radical (unpaired) electrons. The Morgan fingerprint density at radius 3 is 2.78 bits per heavy atom. The number of ether oxygens (including phenoxy) is 1. The minimum absolute atomic E-state index is 0.0278. The van der Waals surface area contributed by atoms with Crippen molar-refractivity contribution in [2.24, 2.45) is 0 Å². The van der Waals surface area contributed by atoms with Gasteiger partial charge in [0.05, 0.1) is 17.6 Å². The highest BCUT2D eigenvalue weighted by atomic mass is 127. The van der Waals surface area contributed by atoms with Gasteiger partial charge in [0.15, 0.2) is 5.43 Å². The van der Waals surface area contributed by atoms with Crippen molar-refractivity contribution in [1.29, 1.82) is 0 Å². The number of benzene rings is 1. The normalized spacial score (nSPS) is 10.8. The van der Waals surface area contributed by atoms with E-state index in [2.05, 4.69) is 22.6 Å². The van der Waals surface area contributed by atoms with Crippen LogP contribution in [0.15, 0.2) is 27.4 Å². The van der Waals surface area contributed by atoms with Crippen LogP contribution in [-0.2, 0) is 6.42 Å². The second kappa shape index (κ2) is 5.73. The highest BCUT2D eigenvalue weighted by Crippen LogP contribution is 2.24. The van der Waals surface area contributed by atoms with Crippen LogP contribution in [0.1, 0.15) is 25.8 Å². The van der Waals surface area contributed by atoms with Gasteiger partial charge in [-0.2, -0.15) is 0 Å². The lowest BCUT2D eigenvalue weighted by Crippen LogP contribution is -2.12. The van der Waals surface area contributed by atoms with E-state index in [1.807, 2.05) is 32.0 Å². The van der Waals surface area contributed by atoms with Gasteiger partial charge in [-0.25, -0.2) is 0 Å². The molecule has 2 rings (SSSR count). The summed E-state index contributed by atoms with van der Waals surface area (Å²) in [6.45, 7) is 4.41. The van der Waals surface area contributed by atoms with Gasteiger partial charge in [-0.15, -0.1) is 0 Å². The van der Waals surface area contributed by atoms with E-state index in [1.165, 1.54) is 0 Å². The molecule has 0 fully saturated rings. The molecule has 0 unspecified atom stereocenters. The number of halogens is 1. The summed E-state index contributed by atoms with van der Waals surface area (Å²) in [7, 11) is 0. The van der Waals surface area contributed by atoms with Crippen LogP contribution < -0.4 is 10.2 Å². The van der Waals surface area contributed by atoms with Crippen molar-refractivity contribution in [2.45, 2.75) is 26.7 Å². The fraction of sp³-hybridized carbons (Fsp3) is 0.357. The van der Waals surface area contributed by atoms with Crippen molar-refractivity contribution >= 4 is 33.6 Å². The zero-order chi connectivity index (χ0) is 13.1. The molecule has 4 heteroatoms. The van der Waals surface area contributed by atoms with E-state index >= 15 is 0 Å². The van der Waals surface area contributed by atoms with Gasteiger partial charge >= 0.3 is 0 Å². The maximum atomic E-state index is 12.4. The summed E-state index contributed by atoms with van der Waals surface area (Å²) in [6.07, 6.45) is 1.57.